The fraction of sp³-hybridized carbons (Fsp3) is 0.320. The SMILES string of the molecule is COc1cc([C@@H]2C(C(=O)Nc3ccc(Br)cn3)=C(C)NC3=C2C(=O)CCC3)cc(OC)c1OC. The van der Waals surface area contributed by atoms with Gasteiger partial charge in [0, 0.05) is 45.5 Å². The molecule has 0 bridgehead atoms. The normalized spacial score (nSPS) is 17.7. The van der Waals surface area contributed by atoms with E-state index in [0.29, 0.717) is 51.9 Å². The highest BCUT2D eigenvalue weighted by molar-refractivity contribution is 9.10. The molecule has 178 valence electrons. The van der Waals surface area contributed by atoms with Crippen molar-refractivity contribution in [1.82, 2.24) is 10.3 Å². The zero-order valence-electron chi connectivity index (χ0n) is 19.5. The van der Waals surface area contributed by atoms with Crippen molar-refractivity contribution in [1.29, 1.82) is 0 Å². The first-order valence-electron chi connectivity index (χ1n) is 10.8. The fourth-order valence-corrected chi connectivity index (χ4v) is 4.75. The van der Waals surface area contributed by atoms with Gasteiger partial charge in [0.15, 0.2) is 17.3 Å². The van der Waals surface area contributed by atoms with Crippen LogP contribution >= 0.6 is 15.9 Å². The van der Waals surface area contributed by atoms with Crippen molar-refractivity contribution in [2.24, 2.45) is 0 Å². The van der Waals surface area contributed by atoms with Gasteiger partial charge in [-0.3, -0.25) is 9.59 Å². The number of ether oxygens (including phenoxy) is 3. The number of amides is 1. The molecule has 0 saturated heterocycles. The molecule has 2 heterocycles. The lowest BCUT2D eigenvalue weighted by atomic mass is 9.75. The molecule has 2 N–H and O–H groups in total. The first kappa shape index (κ1) is 23.8. The molecule has 0 fully saturated rings. The van der Waals surface area contributed by atoms with Crippen molar-refractivity contribution in [2.75, 3.05) is 26.6 Å². The summed E-state index contributed by atoms with van der Waals surface area (Å²) in [6.07, 6.45) is 3.55. The molecule has 1 amide bonds. The van der Waals surface area contributed by atoms with Gasteiger partial charge in [0.05, 0.1) is 21.3 Å². The predicted octanol–water partition coefficient (Wildman–Crippen LogP) is 4.48. The van der Waals surface area contributed by atoms with Crippen molar-refractivity contribution in [3.05, 3.63) is 63.0 Å². The number of carbonyl (C=O) groups is 2. The van der Waals surface area contributed by atoms with Crippen molar-refractivity contribution in [3.63, 3.8) is 0 Å². The first-order chi connectivity index (χ1) is 16.4. The summed E-state index contributed by atoms with van der Waals surface area (Å²) in [4.78, 5) is 31.0. The number of hydrogen-bond acceptors (Lipinski definition) is 7. The monoisotopic (exact) mass is 527 g/mol. The molecule has 9 heteroatoms. The van der Waals surface area contributed by atoms with E-state index in [9.17, 15) is 9.59 Å². The van der Waals surface area contributed by atoms with Crippen LogP contribution in [0.25, 0.3) is 0 Å². The van der Waals surface area contributed by atoms with Crippen LogP contribution in [0.3, 0.4) is 0 Å². The number of halogens is 1. The minimum absolute atomic E-state index is 0.0204. The van der Waals surface area contributed by atoms with Gasteiger partial charge in [-0.2, -0.15) is 0 Å². The maximum Gasteiger partial charge on any atom is 0.255 e. The van der Waals surface area contributed by atoms with Crippen molar-refractivity contribution < 1.29 is 23.8 Å². The second kappa shape index (κ2) is 9.89. The van der Waals surface area contributed by atoms with Crippen LogP contribution in [0.15, 0.2) is 57.5 Å². The Bertz CT molecular complexity index is 1180. The van der Waals surface area contributed by atoms with Gasteiger partial charge in [-0.05, 0) is 65.5 Å². The number of rotatable bonds is 6. The molecule has 4 rings (SSSR count). The summed E-state index contributed by atoms with van der Waals surface area (Å²) in [7, 11) is 4.60. The summed E-state index contributed by atoms with van der Waals surface area (Å²) in [6.45, 7) is 1.85. The van der Waals surface area contributed by atoms with E-state index in [4.69, 9.17) is 14.2 Å². The van der Waals surface area contributed by atoms with Crippen molar-refractivity contribution >= 4 is 33.4 Å². The highest BCUT2D eigenvalue weighted by Gasteiger charge is 2.39. The standard InChI is InChI=1S/C25H26BrN3O5/c1-13-21(25(31)29-20-9-8-15(26)12-27-20)22(23-16(28-13)6-5-7-17(23)30)14-10-18(32-2)24(34-4)19(11-14)33-3/h8-12,22,28H,5-7H2,1-4H3,(H,27,29,31)/t22-/m1/s1. The summed E-state index contributed by atoms with van der Waals surface area (Å²) >= 11 is 3.35. The van der Waals surface area contributed by atoms with Crippen LogP contribution in [-0.2, 0) is 9.59 Å². The highest BCUT2D eigenvalue weighted by Crippen LogP contribution is 2.47. The second-order valence-electron chi connectivity index (χ2n) is 8.04. The quantitative estimate of drug-likeness (QED) is 0.571. The van der Waals surface area contributed by atoms with E-state index in [1.807, 2.05) is 6.92 Å². The van der Waals surface area contributed by atoms with Gasteiger partial charge in [0.2, 0.25) is 5.75 Å². The van der Waals surface area contributed by atoms with Crippen LogP contribution in [0.2, 0.25) is 0 Å². The lowest BCUT2D eigenvalue weighted by Crippen LogP contribution is -2.35. The fourth-order valence-electron chi connectivity index (χ4n) is 4.52. The third-order valence-electron chi connectivity index (χ3n) is 6.01. The number of carbonyl (C=O) groups excluding carboxylic acids is 2. The van der Waals surface area contributed by atoms with Crippen molar-refractivity contribution in [3.8, 4) is 17.2 Å². The van der Waals surface area contributed by atoms with Gasteiger partial charge in [0.1, 0.15) is 5.82 Å². The Balaban J connectivity index is 1.86. The van der Waals surface area contributed by atoms with E-state index in [2.05, 4.69) is 31.5 Å². The van der Waals surface area contributed by atoms with E-state index >= 15 is 0 Å². The molecule has 0 unspecified atom stereocenters. The van der Waals surface area contributed by atoms with Gasteiger partial charge in [-0.15, -0.1) is 0 Å². The third kappa shape index (κ3) is 4.40. The number of benzene rings is 1. The smallest absolute Gasteiger partial charge is 0.255 e. The molecule has 34 heavy (non-hydrogen) atoms. The molecule has 8 nitrogen and oxygen atoms in total. The molecule has 2 aromatic rings. The minimum atomic E-state index is -0.604. The summed E-state index contributed by atoms with van der Waals surface area (Å²) in [5, 5.41) is 6.19. The zero-order chi connectivity index (χ0) is 24.4. The number of nitrogens with one attached hydrogen (secondary N) is 2. The molecule has 1 aliphatic heterocycles. The Morgan fingerprint density at radius 2 is 1.82 bits per heavy atom. The van der Waals surface area contributed by atoms with Crippen LogP contribution in [0.1, 0.15) is 37.7 Å². The van der Waals surface area contributed by atoms with Gasteiger partial charge < -0.3 is 24.8 Å². The van der Waals surface area contributed by atoms with Crippen LogP contribution < -0.4 is 24.8 Å². The van der Waals surface area contributed by atoms with Gasteiger partial charge in [-0.25, -0.2) is 4.98 Å². The van der Waals surface area contributed by atoms with Gasteiger partial charge >= 0.3 is 0 Å². The van der Waals surface area contributed by atoms with Crippen LogP contribution in [0.5, 0.6) is 17.2 Å². The number of hydrogen-bond donors (Lipinski definition) is 2. The Hall–Kier alpha value is -3.33. The number of pyridine rings is 1. The third-order valence-corrected chi connectivity index (χ3v) is 6.48. The molecule has 1 aliphatic carbocycles. The number of nitrogens with zero attached hydrogens (tertiary/aromatic N) is 1. The number of allylic oxidation sites excluding steroid dienone is 3. The van der Waals surface area contributed by atoms with E-state index in [0.717, 1.165) is 23.0 Å². The van der Waals surface area contributed by atoms with Crippen molar-refractivity contribution in [2.45, 2.75) is 32.1 Å². The zero-order valence-corrected chi connectivity index (χ0v) is 21.0. The highest BCUT2D eigenvalue weighted by atomic mass is 79.9. The van der Waals surface area contributed by atoms with E-state index in [-0.39, 0.29) is 11.7 Å². The van der Waals surface area contributed by atoms with Gasteiger partial charge in [-0.1, -0.05) is 0 Å². The van der Waals surface area contributed by atoms with Gasteiger partial charge in [0.25, 0.3) is 5.91 Å². The van der Waals surface area contributed by atoms with E-state index < -0.39 is 5.92 Å². The Morgan fingerprint density at radius 1 is 1.12 bits per heavy atom. The maximum absolute atomic E-state index is 13.6. The average molecular weight is 528 g/mol. The number of dihydropyridines is 1. The number of ketones is 1. The topological polar surface area (TPSA) is 98.8 Å². The number of aromatic nitrogens is 1. The Kier molecular flexibility index (Phi) is 6.92. The molecule has 1 atom stereocenters. The lowest BCUT2D eigenvalue weighted by Gasteiger charge is -2.34. The summed E-state index contributed by atoms with van der Waals surface area (Å²) in [6, 6.07) is 7.09. The van der Waals surface area contributed by atoms with Crippen LogP contribution in [0.4, 0.5) is 5.82 Å². The summed E-state index contributed by atoms with van der Waals surface area (Å²) < 4.78 is 17.4. The maximum atomic E-state index is 13.6. The summed E-state index contributed by atoms with van der Waals surface area (Å²) in [5.74, 6) is 0.828. The molecule has 0 spiro atoms. The number of anilines is 1. The summed E-state index contributed by atoms with van der Waals surface area (Å²) in [5.41, 5.74) is 3.27. The lowest BCUT2D eigenvalue weighted by molar-refractivity contribution is -0.116. The molecular formula is C25H26BrN3O5. The molecule has 1 aromatic heterocycles. The first-order valence-corrected chi connectivity index (χ1v) is 11.6. The molecule has 0 radical (unpaired) electrons. The Morgan fingerprint density at radius 3 is 2.41 bits per heavy atom. The number of Topliss-reactive ketones (excluding diaryl/α,β-unsaturated/α-hetero) is 1. The molecule has 0 saturated carbocycles. The molecule has 1 aromatic carbocycles. The average Bonchev–Trinajstić information content (AvgIpc) is 2.83. The molecular weight excluding hydrogens is 502 g/mol. The van der Waals surface area contributed by atoms with Crippen LogP contribution in [0, 0.1) is 0 Å². The second-order valence-corrected chi connectivity index (χ2v) is 8.96. The largest absolute Gasteiger partial charge is 0.493 e. The van der Waals surface area contributed by atoms with E-state index in [1.54, 1.807) is 30.5 Å². The Labute approximate surface area is 206 Å². The minimum Gasteiger partial charge on any atom is -0.493 e. The predicted molar refractivity (Wildman–Crippen MR) is 131 cm³/mol. The van der Waals surface area contributed by atoms with Crippen LogP contribution in [-0.4, -0.2) is 38.0 Å². The number of methoxy groups -OCH3 is 3. The molecule has 2 aliphatic rings. The van der Waals surface area contributed by atoms with E-state index in [1.165, 1.54) is 21.3 Å².